The van der Waals surface area contributed by atoms with Gasteiger partial charge in [0.15, 0.2) is 5.82 Å². The molecule has 0 unspecified atom stereocenters. The minimum Gasteiger partial charge on any atom is -0.348 e. The van der Waals surface area contributed by atoms with Crippen LogP contribution in [0.2, 0.25) is 0 Å². The standard InChI is InChI=1S/C26H17F6N3O/c27-25(28,29)19-11-16(12-20(13-19)26(30,31)32)14-34-24(36)21-15-33-23(18-9-5-2-6-10-18)35-22(21)17-7-3-1-4-8-17/h1-13,15H,14H2,(H,34,36). The van der Waals surface area contributed by atoms with Gasteiger partial charge in [-0.1, -0.05) is 60.7 Å². The van der Waals surface area contributed by atoms with E-state index in [0.717, 1.165) is 0 Å². The normalized spacial score (nSPS) is 11.8. The highest BCUT2D eigenvalue weighted by atomic mass is 19.4. The van der Waals surface area contributed by atoms with Gasteiger partial charge in [-0.15, -0.1) is 0 Å². The molecule has 3 aromatic carbocycles. The molecule has 36 heavy (non-hydrogen) atoms. The van der Waals surface area contributed by atoms with Crippen LogP contribution in [-0.2, 0) is 18.9 Å². The van der Waals surface area contributed by atoms with E-state index in [0.29, 0.717) is 29.1 Å². The van der Waals surface area contributed by atoms with Crippen molar-refractivity contribution in [2.45, 2.75) is 18.9 Å². The zero-order valence-corrected chi connectivity index (χ0v) is 18.4. The van der Waals surface area contributed by atoms with Crippen LogP contribution < -0.4 is 5.32 Å². The molecule has 1 amide bonds. The molecule has 0 saturated heterocycles. The topological polar surface area (TPSA) is 54.9 Å². The second kappa shape index (κ2) is 9.80. The lowest BCUT2D eigenvalue weighted by Crippen LogP contribution is -2.25. The predicted molar refractivity (Wildman–Crippen MR) is 121 cm³/mol. The van der Waals surface area contributed by atoms with Crippen molar-refractivity contribution >= 4 is 5.91 Å². The monoisotopic (exact) mass is 501 g/mol. The Hall–Kier alpha value is -4.21. The van der Waals surface area contributed by atoms with E-state index in [1.54, 1.807) is 54.6 Å². The summed E-state index contributed by atoms with van der Waals surface area (Å²) in [6.45, 7) is -0.569. The average Bonchev–Trinajstić information content (AvgIpc) is 2.87. The highest BCUT2D eigenvalue weighted by Gasteiger charge is 2.36. The summed E-state index contributed by atoms with van der Waals surface area (Å²) in [6.07, 6.45) is -8.69. The van der Waals surface area contributed by atoms with Crippen LogP contribution in [0.5, 0.6) is 0 Å². The largest absolute Gasteiger partial charge is 0.416 e. The fraction of sp³-hybridized carbons (Fsp3) is 0.115. The van der Waals surface area contributed by atoms with Gasteiger partial charge >= 0.3 is 12.4 Å². The second-order valence-electron chi connectivity index (χ2n) is 7.78. The summed E-state index contributed by atoms with van der Waals surface area (Å²) in [6, 6.07) is 18.9. The number of carbonyl (C=O) groups excluding carboxylic acids is 1. The van der Waals surface area contributed by atoms with E-state index < -0.39 is 35.9 Å². The molecule has 4 nitrogen and oxygen atoms in total. The highest BCUT2D eigenvalue weighted by Crippen LogP contribution is 2.36. The minimum atomic E-state index is -4.98. The Morgan fingerprint density at radius 3 is 1.81 bits per heavy atom. The second-order valence-corrected chi connectivity index (χ2v) is 7.78. The van der Waals surface area contributed by atoms with Crippen LogP contribution in [0.15, 0.2) is 85.1 Å². The van der Waals surface area contributed by atoms with Gasteiger partial charge in [-0.3, -0.25) is 4.79 Å². The van der Waals surface area contributed by atoms with Crippen LogP contribution >= 0.6 is 0 Å². The number of aromatic nitrogens is 2. The van der Waals surface area contributed by atoms with Gasteiger partial charge in [-0.05, 0) is 23.8 Å². The van der Waals surface area contributed by atoms with Crippen LogP contribution in [0.25, 0.3) is 22.6 Å². The summed E-state index contributed by atoms with van der Waals surface area (Å²) in [7, 11) is 0. The SMILES string of the molecule is O=C(NCc1cc(C(F)(F)F)cc(C(F)(F)F)c1)c1cnc(-c2ccccc2)nc1-c1ccccc1. The summed E-state index contributed by atoms with van der Waals surface area (Å²) >= 11 is 0. The summed E-state index contributed by atoms with van der Waals surface area (Å²) in [5, 5.41) is 2.39. The first-order valence-electron chi connectivity index (χ1n) is 10.6. The summed E-state index contributed by atoms with van der Waals surface area (Å²) < 4.78 is 78.9. The third kappa shape index (κ3) is 5.70. The Balaban J connectivity index is 1.67. The number of rotatable bonds is 5. The van der Waals surface area contributed by atoms with Gasteiger partial charge in [-0.2, -0.15) is 26.3 Å². The van der Waals surface area contributed by atoms with Gasteiger partial charge < -0.3 is 5.32 Å². The Morgan fingerprint density at radius 1 is 0.750 bits per heavy atom. The molecule has 0 radical (unpaired) electrons. The molecule has 0 atom stereocenters. The molecule has 1 N–H and O–H groups in total. The van der Waals surface area contributed by atoms with Gasteiger partial charge in [0, 0.05) is 23.9 Å². The molecule has 0 aliphatic heterocycles. The maximum atomic E-state index is 13.1. The molecule has 0 spiro atoms. The quantitative estimate of drug-likeness (QED) is 0.307. The van der Waals surface area contributed by atoms with E-state index in [1.165, 1.54) is 6.20 Å². The van der Waals surface area contributed by atoms with Crippen molar-refractivity contribution in [3.05, 3.63) is 107 Å². The van der Waals surface area contributed by atoms with Gasteiger partial charge in [0.2, 0.25) is 0 Å². The maximum Gasteiger partial charge on any atom is 0.416 e. The molecule has 1 heterocycles. The number of halogens is 6. The minimum absolute atomic E-state index is 0.0175. The smallest absolute Gasteiger partial charge is 0.348 e. The number of nitrogens with zero attached hydrogens (tertiary/aromatic N) is 2. The lowest BCUT2D eigenvalue weighted by Gasteiger charge is -2.15. The number of hydrogen-bond donors (Lipinski definition) is 1. The molecule has 1 aromatic heterocycles. The van der Waals surface area contributed by atoms with Crippen molar-refractivity contribution in [2.24, 2.45) is 0 Å². The first-order chi connectivity index (χ1) is 17.0. The van der Waals surface area contributed by atoms with Gasteiger partial charge in [0.1, 0.15) is 0 Å². The zero-order valence-electron chi connectivity index (χ0n) is 18.4. The van der Waals surface area contributed by atoms with E-state index in [9.17, 15) is 31.1 Å². The van der Waals surface area contributed by atoms with Crippen molar-refractivity contribution in [1.29, 1.82) is 0 Å². The maximum absolute atomic E-state index is 13.1. The van der Waals surface area contributed by atoms with Crippen molar-refractivity contribution in [1.82, 2.24) is 15.3 Å². The molecule has 0 fully saturated rings. The molecule has 0 bridgehead atoms. The first-order valence-corrected chi connectivity index (χ1v) is 10.6. The Kier molecular flexibility index (Phi) is 6.78. The number of carbonyl (C=O) groups is 1. The van der Waals surface area contributed by atoms with Crippen LogP contribution in [0.3, 0.4) is 0 Å². The number of nitrogens with one attached hydrogen (secondary N) is 1. The van der Waals surface area contributed by atoms with Crippen LogP contribution in [0.4, 0.5) is 26.3 Å². The molecule has 0 aliphatic rings. The summed E-state index contributed by atoms with van der Waals surface area (Å²) in [4.78, 5) is 21.7. The molecule has 0 saturated carbocycles. The van der Waals surface area contributed by atoms with Gasteiger partial charge in [0.25, 0.3) is 5.91 Å². The van der Waals surface area contributed by atoms with Crippen LogP contribution in [-0.4, -0.2) is 15.9 Å². The van der Waals surface area contributed by atoms with Gasteiger partial charge in [0.05, 0.1) is 22.4 Å². The first kappa shape index (κ1) is 24.9. The predicted octanol–water partition coefficient (Wildman–Crippen LogP) is 6.78. The third-order valence-electron chi connectivity index (χ3n) is 5.21. The van der Waals surface area contributed by atoms with E-state index in [1.807, 2.05) is 6.07 Å². The van der Waals surface area contributed by atoms with E-state index >= 15 is 0 Å². The molecular weight excluding hydrogens is 484 g/mol. The van der Waals surface area contributed by atoms with Crippen molar-refractivity contribution in [3.8, 4) is 22.6 Å². The molecule has 4 aromatic rings. The van der Waals surface area contributed by atoms with Crippen LogP contribution in [0.1, 0.15) is 27.0 Å². The fourth-order valence-electron chi connectivity index (χ4n) is 3.49. The third-order valence-corrected chi connectivity index (χ3v) is 5.21. The van der Waals surface area contributed by atoms with Crippen molar-refractivity contribution in [2.75, 3.05) is 0 Å². The molecule has 184 valence electrons. The molecule has 10 heteroatoms. The lowest BCUT2D eigenvalue weighted by molar-refractivity contribution is -0.143. The lowest BCUT2D eigenvalue weighted by atomic mass is 10.0. The number of amides is 1. The van der Waals surface area contributed by atoms with E-state index in [-0.39, 0.29) is 22.9 Å². The molecular formula is C26H17F6N3O. The highest BCUT2D eigenvalue weighted by molar-refractivity contribution is 5.99. The summed E-state index contributed by atoms with van der Waals surface area (Å²) in [5.41, 5.74) is -1.70. The zero-order chi connectivity index (χ0) is 25.9. The van der Waals surface area contributed by atoms with Gasteiger partial charge in [-0.25, -0.2) is 9.97 Å². The summed E-state index contributed by atoms with van der Waals surface area (Å²) in [5.74, 6) is -0.405. The number of benzene rings is 3. The number of hydrogen-bond acceptors (Lipinski definition) is 3. The number of alkyl halides is 6. The Morgan fingerprint density at radius 2 is 1.28 bits per heavy atom. The Bertz CT molecular complexity index is 1340. The van der Waals surface area contributed by atoms with E-state index in [2.05, 4.69) is 15.3 Å². The molecule has 4 rings (SSSR count). The van der Waals surface area contributed by atoms with Crippen molar-refractivity contribution < 1.29 is 31.1 Å². The molecule has 0 aliphatic carbocycles. The van der Waals surface area contributed by atoms with Crippen LogP contribution in [0, 0.1) is 0 Å². The Labute approximate surface area is 201 Å². The van der Waals surface area contributed by atoms with E-state index in [4.69, 9.17) is 0 Å². The van der Waals surface area contributed by atoms with Crippen molar-refractivity contribution in [3.63, 3.8) is 0 Å². The average molecular weight is 501 g/mol. The fourth-order valence-corrected chi connectivity index (χ4v) is 3.49.